The summed E-state index contributed by atoms with van der Waals surface area (Å²) in [6, 6.07) is 14.4. The van der Waals surface area contributed by atoms with Crippen LogP contribution in [0.3, 0.4) is 0 Å². The monoisotopic (exact) mass is 262 g/mol. The Bertz CT molecular complexity index is 823. The third-order valence-electron chi connectivity index (χ3n) is 2.84. The number of fused-ring (bicyclic) bond motifs is 1. The van der Waals surface area contributed by atoms with E-state index in [1.165, 1.54) is 6.33 Å². The van der Waals surface area contributed by atoms with Crippen LogP contribution < -0.4 is 10.5 Å². The molecule has 96 valence electrons. The zero-order chi connectivity index (χ0) is 13.9. The highest BCUT2D eigenvalue weighted by molar-refractivity contribution is 5.86. The highest BCUT2D eigenvalue weighted by Gasteiger charge is 2.09. The Morgan fingerprint density at radius 3 is 2.80 bits per heavy atom. The predicted octanol–water partition coefficient (Wildman–Crippen LogP) is 2.88. The Hall–Kier alpha value is -3.13. The van der Waals surface area contributed by atoms with E-state index in [4.69, 9.17) is 15.7 Å². The molecule has 3 aromatic rings. The van der Waals surface area contributed by atoms with Crippen molar-refractivity contribution in [2.45, 2.75) is 0 Å². The van der Waals surface area contributed by atoms with Crippen LogP contribution in [0.5, 0.6) is 11.6 Å². The van der Waals surface area contributed by atoms with Crippen molar-refractivity contribution in [3.05, 3.63) is 54.4 Å². The van der Waals surface area contributed by atoms with Gasteiger partial charge in [0.1, 0.15) is 18.1 Å². The van der Waals surface area contributed by atoms with E-state index in [0.717, 1.165) is 5.39 Å². The van der Waals surface area contributed by atoms with Crippen molar-refractivity contribution in [3.8, 4) is 17.7 Å². The summed E-state index contributed by atoms with van der Waals surface area (Å²) in [6.07, 6.45) is 1.41. The van der Waals surface area contributed by atoms with Crippen LogP contribution in [0.2, 0.25) is 0 Å². The van der Waals surface area contributed by atoms with Gasteiger partial charge in [-0.3, -0.25) is 0 Å². The molecule has 2 N–H and O–H groups in total. The van der Waals surface area contributed by atoms with Gasteiger partial charge in [0.25, 0.3) is 0 Å². The zero-order valence-corrected chi connectivity index (χ0v) is 10.4. The number of nitrogens with two attached hydrogens (primary N) is 1. The lowest BCUT2D eigenvalue weighted by Gasteiger charge is -2.08. The number of para-hydroxylation sites is 1. The average Bonchev–Trinajstić information content (AvgIpc) is 2.47. The van der Waals surface area contributed by atoms with Gasteiger partial charge in [0.2, 0.25) is 5.88 Å². The average molecular weight is 262 g/mol. The molecule has 0 aliphatic heterocycles. The van der Waals surface area contributed by atoms with E-state index in [-0.39, 0.29) is 0 Å². The summed E-state index contributed by atoms with van der Waals surface area (Å²) in [5, 5.41) is 9.81. The predicted molar refractivity (Wildman–Crippen MR) is 75.2 cm³/mol. The Labute approximate surface area is 115 Å². The molecule has 0 saturated carbocycles. The lowest BCUT2D eigenvalue weighted by atomic mass is 10.2. The van der Waals surface area contributed by atoms with Gasteiger partial charge in [0.05, 0.1) is 16.5 Å². The maximum absolute atomic E-state index is 9.07. The quantitative estimate of drug-likeness (QED) is 0.718. The second-order valence-electron chi connectivity index (χ2n) is 4.17. The van der Waals surface area contributed by atoms with Gasteiger partial charge < -0.3 is 10.5 Å². The van der Waals surface area contributed by atoms with Gasteiger partial charge in [-0.05, 0) is 30.3 Å². The molecule has 0 fully saturated rings. The van der Waals surface area contributed by atoms with Crippen LogP contribution >= 0.6 is 0 Å². The van der Waals surface area contributed by atoms with Crippen LogP contribution in [0, 0.1) is 11.3 Å². The summed E-state index contributed by atoms with van der Waals surface area (Å²) in [4.78, 5) is 8.27. The summed E-state index contributed by atoms with van der Waals surface area (Å²) in [6.45, 7) is 0. The molecule has 5 nitrogen and oxygen atoms in total. The molecule has 0 amide bonds. The van der Waals surface area contributed by atoms with Crippen LogP contribution in [-0.4, -0.2) is 9.97 Å². The highest BCUT2D eigenvalue weighted by atomic mass is 16.5. The van der Waals surface area contributed by atoms with Gasteiger partial charge in [-0.15, -0.1) is 0 Å². The molecule has 1 aromatic heterocycles. The maximum atomic E-state index is 9.07. The van der Waals surface area contributed by atoms with Gasteiger partial charge in [-0.1, -0.05) is 12.1 Å². The van der Waals surface area contributed by atoms with Crippen molar-refractivity contribution < 1.29 is 4.74 Å². The van der Waals surface area contributed by atoms with E-state index in [1.807, 2.05) is 0 Å². The lowest BCUT2D eigenvalue weighted by molar-refractivity contribution is 0.466. The second-order valence-corrected chi connectivity index (χ2v) is 4.17. The fourth-order valence-electron chi connectivity index (χ4n) is 1.88. The number of rotatable bonds is 2. The zero-order valence-electron chi connectivity index (χ0n) is 10.4. The van der Waals surface area contributed by atoms with Crippen molar-refractivity contribution in [2.75, 3.05) is 5.73 Å². The first-order chi connectivity index (χ1) is 9.78. The molecule has 1 heterocycles. The van der Waals surface area contributed by atoms with Crippen LogP contribution in [0.1, 0.15) is 5.56 Å². The van der Waals surface area contributed by atoms with E-state index in [2.05, 4.69) is 16.0 Å². The summed E-state index contributed by atoms with van der Waals surface area (Å²) in [7, 11) is 0. The molecule has 0 aliphatic rings. The SMILES string of the molecule is N#Cc1ccccc1Oc1ncnc2cc(N)ccc12. The van der Waals surface area contributed by atoms with Crippen LogP contribution in [0.25, 0.3) is 10.9 Å². The normalized spacial score (nSPS) is 10.2. The molecule has 5 heteroatoms. The maximum Gasteiger partial charge on any atom is 0.230 e. The third-order valence-corrected chi connectivity index (χ3v) is 2.84. The van der Waals surface area contributed by atoms with E-state index in [0.29, 0.717) is 28.4 Å². The van der Waals surface area contributed by atoms with Gasteiger partial charge >= 0.3 is 0 Å². The van der Waals surface area contributed by atoms with Crippen LogP contribution in [0.15, 0.2) is 48.8 Å². The van der Waals surface area contributed by atoms with Crippen molar-refractivity contribution in [2.24, 2.45) is 0 Å². The first-order valence-corrected chi connectivity index (χ1v) is 5.95. The van der Waals surface area contributed by atoms with Gasteiger partial charge in [0, 0.05) is 5.69 Å². The van der Waals surface area contributed by atoms with Crippen molar-refractivity contribution in [3.63, 3.8) is 0 Å². The van der Waals surface area contributed by atoms with Crippen molar-refractivity contribution in [1.82, 2.24) is 9.97 Å². The number of nitriles is 1. The Kier molecular flexibility index (Phi) is 2.90. The largest absolute Gasteiger partial charge is 0.437 e. The number of hydrogen-bond acceptors (Lipinski definition) is 5. The topological polar surface area (TPSA) is 84.8 Å². The first-order valence-electron chi connectivity index (χ1n) is 5.95. The number of anilines is 1. The van der Waals surface area contributed by atoms with Gasteiger partial charge in [0.15, 0.2) is 0 Å². The Morgan fingerprint density at radius 1 is 1.10 bits per heavy atom. The first kappa shape index (κ1) is 11.9. The van der Waals surface area contributed by atoms with E-state index < -0.39 is 0 Å². The highest BCUT2D eigenvalue weighted by Crippen LogP contribution is 2.29. The van der Waals surface area contributed by atoms with Crippen LogP contribution in [-0.2, 0) is 0 Å². The third kappa shape index (κ3) is 2.10. The summed E-state index contributed by atoms with van der Waals surface area (Å²) in [5.74, 6) is 0.865. The molecule has 0 bridgehead atoms. The number of nitrogens with zero attached hydrogens (tertiary/aromatic N) is 3. The van der Waals surface area contributed by atoms with E-state index in [1.54, 1.807) is 42.5 Å². The number of hydrogen-bond donors (Lipinski definition) is 1. The molecule has 0 atom stereocenters. The second kappa shape index (κ2) is 4.86. The van der Waals surface area contributed by atoms with Crippen molar-refractivity contribution >= 4 is 16.6 Å². The molecule has 0 saturated heterocycles. The minimum atomic E-state index is 0.401. The van der Waals surface area contributed by atoms with E-state index in [9.17, 15) is 0 Å². The smallest absolute Gasteiger partial charge is 0.230 e. The summed E-state index contributed by atoms with van der Waals surface area (Å²) >= 11 is 0. The van der Waals surface area contributed by atoms with E-state index >= 15 is 0 Å². The number of ether oxygens (including phenoxy) is 1. The molecule has 0 spiro atoms. The van der Waals surface area contributed by atoms with Gasteiger partial charge in [-0.2, -0.15) is 5.26 Å². The summed E-state index contributed by atoms with van der Waals surface area (Å²) in [5.41, 5.74) is 7.50. The Morgan fingerprint density at radius 2 is 1.95 bits per heavy atom. The molecule has 3 rings (SSSR count). The molecular weight excluding hydrogens is 252 g/mol. The fourth-order valence-corrected chi connectivity index (χ4v) is 1.88. The molecule has 0 radical (unpaired) electrons. The molecule has 2 aromatic carbocycles. The molecular formula is C15H10N4O. The van der Waals surface area contributed by atoms with Crippen LogP contribution in [0.4, 0.5) is 5.69 Å². The number of benzene rings is 2. The number of aromatic nitrogens is 2. The minimum absolute atomic E-state index is 0.401. The number of nitrogen functional groups attached to an aromatic ring is 1. The Balaban J connectivity index is 2.10. The van der Waals surface area contributed by atoms with Gasteiger partial charge in [-0.25, -0.2) is 9.97 Å². The molecule has 0 aliphatic carbocycles. The minimum Gasteiger partial charge on any atom is -0.437 e. The standard InChI is InChI=1S/C15H10N4O/c16-8-10-3-1-2-4-14(10)20-15-12-6-5-11(17)7-13(12)18-9-19-15/h1-7,9H,17H2. The van der Waals surface area contributed by atoms with Crippen molar-refractivity contribution in [1.29, 1.82) is 5.26 Å². The fraction of sp³-hybridized carbons (Fsp3) is 0. The summed E-state index contributed by atoms with van der Waals surface area (Å²) < 4.78 is 5.74. The molecule has 0 unspecified atom stereocenters. The molecule has 20 heavy (non-hydrogen) atoms. The lowest BCUT2D eigenvalue weighted by Crippen LogP contribution is -1.94.